The van der Waals surface area contributed by atoms with Crippen LogP contribution in [-0.4, -0.2) is 6.88 Å². The zero-order valence-corrected chi connectivity index (χ0v) is 24.9. The van der Waals surface area contributed by atoms with E-state index in [-0.39, 0.29) is 39.7 Å². The van der Waals surface area contributed by atoms with E-state index in [1.165, 1.54) is 62.0 Å². The fourth-order valence-electron chi connectivity index (χ4n) is 3.19. The van der Waals surface area contributed by atoms with E-state index in [0.29, 0.717) is 5.92 Å². The van der Waals surface area contributed by atoms with Crippen molar-refractivity contribution >= 4 is 54.1 Å². The second-order valence-electron chi connectivity index (χ2n) is 6.64. The van der Waals surface area contributed by atoms with E-state index in [0.717, 1.165) is 5.02 Å². The van der Waals surface area contributed by atoms with Gasteiger partial charge in [-0.15, -0.1) is 78.4 Å². The van der Waals surface area contributed by atoms with Gasteiger partial charge >= 0.3 is 30.2 Å². The molecule has 0 amide bonds. The first-order valence-corrected chi connectivity index (χ1v) is 13.5. The van der Waals surface area contributed by atoms with Crippen LogP contribution in [0.3, 0.4) is 0 Å². The van der Waals surface area contributed by atoms with E-state index in [1.807, 2.05) is 12.1 Å². The molecule has 2 radical (unpaired) electrons. The number of rotatable bonds is 1. The molecule has 0 bridgehead atoms. The Balaban J connectivity index is -0.000000460. The zero-order chi connectivity index (χ0) is 20.0. The van der Waals surface area contributed by atoms with Crippen LogP contribution in [-0.2, 0) is 23.3 Å². The van der Waals surface area contributed by atoms with E-state index < -0.39 is 0 Å². The Morgan fingerprint density at radius 2 is 1.48 bits per heavy atom. The van der Waals surface area contributed by atoms with E-state index >= 15 is 0 Å². The quantitative estimate of drug-likeness (QED) is 0.203. The molecule has 168 valence electrons. The van der Waals surface area contributed by atoms with Gasteiger partial charge in [-0.05, 0) is 12.1 Å². The molecule has 1 aliphatic carbocycles. The van der Waals surface area contributed by atoms with Crippen molar-refractivity contribution in [3.63, 3.8) is 0 Å². The van der Waals surface area contributed by atoms with Gasteiger partial charge in [-0.3, -0.25) is 6.08 Å². The van der Waals surface area contributed by atoms with Gasteiger partial charge in [-0.2, -0.15) is 11.1 Å². The average Bonchev–Trinajstić information content (AvgIpc) is 3.22. The van der Waals surface area contributed by atoms with Gasteiger partial charge in [0.05, 0.1) is 0 Å². The number of allylic oxidation sites excluding steroid dienone is 4. The molecule has 0 heterocycles. The van der Waals surface area contributed by atoms with Crippen molar-refractivity contribution in [2.75, 3.05) is 0 Å². The predicted octanol–water partition coefficient (Wildman–Crippen LogP) is 8.96. The van der Waals surface area contributed by atoms with Gasteiger partial charge in [0, 0.05) is 5.02 Å². The van der Waals surface area contributed by atoms with E-state index in [1.54, 1.807) is 0 Å². The predicted molar refractivity (Wildman–Crippen MR) is 143 cm³/mol. The third kappa shape index (κ3) is 9.10. The molecule has 0 spiro atoms. The first kappa shape index (κ1) is 35.1. The molecule has 0 nitrogen and oxygen atoms in total. The fraction of sp³-hybridized carbons (Fsp3) is 0.192. The molecule has 31 heavy (non-hydrogen) atoms. The van der Waals surface area contributed by atoms with Crippen LogP contribution in [0.2, 0.25) is 5.02 Å². The van der Waals surface area contributed by atoms with Crippen molar-refractivity contribution in [2.24, 2.45) is 5.92 Å². The Labute approximate surface area is 223 Å². The van der Waals surface area contributed by atoms with Gasteiger partial charge in [-0.25, -0.2) is 5.57 Å². The summed E-state index contributed by atoms with van der Waals surface area (Å²) in [5.41, 5.74) is 6.73. The minimum absolute atomic E-state index is 0. The Kier molecular flexibility index (Phi) is 19.3. The summed E-state index contributed by atoms with van der Waals surface area (Å²) in [6.45, 7) is 11.7. The minimum atomic E-state index is 0. The second kappa shape index (κ2) is 17.0. The van der Waals surface area contributed by atoms with Crippen molar-refractivity contribution in [1.82, 2.24) is 0 Å². The number of fused-ring (bicyclic) bond motifs is 1. The van der Waals surface area contributed by atoms with Crippen LogP contribution in [0, 0.1) is 26.8 Å². The molecule has 1 unspecified atom stereocenters. The maximum atomic E-state index is 5.89. The number of hydrogen-bond donors (Lipinski definition) is 0. The Hall–Kier alpha value is -0.500. The van der Waals surface area contributed by atoms with Crippen LogP contribution in [0.1, 0.15) is 27.7 Å². The normalized spacial score (nSPS) is 13.5. The summed E-state index contributed by atoms with van der Waals surface area (Å²) in [5.74, 6) is 0.560. The molecule has 3 aromatic carbocycles. The Bertz CT molecular complexity index is 972. The van der Waals surface area contributed by atoms with Gasteiger partial charge in [0.25, 0.3) is 0 Å². The summed E-state index contributed by atoms with van der Waals surface area (Å²) in [7, 11) is 0. The maximum absolute atomic E-state index is 5.89. The first-order chi connectivity index (χ1) is 13.0. The molecule has 0 saturated heterocycles. The Morgan fingerprint density at radius 3 is 1.94 bits per heavy atom. The summed E-state index contributed by atoms with van der Waals surface area (Å²) in [6, 6.07) is 20.7. The molecule has 1 aliphatic rings. The van der Waals surface area contributed by atoms with Crippen LogP contribution >= 0.6 is 36.4 Å². The van der Waals surface area contributed by atoms with E-state index in [4.69, 9.17) is 11.6 Å². The van der Waals surface area contributed by atoms with Gasteiger partial charge in [0.1, 0.15) is 0 Å². The van der Waals surface area contributed by atoms with Crippen molar-refractivity contribution in [3.05, 3.63) is 103 Å². The van der Waals surface area contributed by atoms with E-state index in [2.05, 4.69) is 89.2 Å². The van der Waals surface area contributed by atoms with Gasteiger partial charge < -0.3 is 14.9 Å². The molecule has 0 aliphatic heterocycles. The summed E-state index contributed by atoms with van der Waals surface area (Å²) in [4.78, 5) is 0. The van der Waals surface area contributed by atoms with Gasteiger partial charge in [-0.1, -0.05) is 62.1 Å². The molecule has 5 heteroatoms. The van der Waals surface area contributed by atoms with Gasteiger partial charge in [0.2, 0.25) is 0 Å². The molecule has 0 N–H and O–H groups in total. The summed E-state index contributed by atoms with van der Waals surface area (Å²) in [6.07, 6.45) is 3.36. The SMILES string of the molecule is CC1=[C-]C(C)C(C)=C1C.Cl.Cl.Clc1ccc(-c2c[cH-]c3ccccc23)cc1.[CH3-].[CH3-].[Si]=[Zr]. The summed E-state index contributed by atoms with van der Waals surface area (Å²) < 4.78 is 0. The number of halogens is 3. The summed E-state index contributed by atoms with van der Waals surface area (Å²) in [5, 5.41) is 3.36. The van der Waals surface area contributed by atoms with Crippen LogP contribution in [0.4, 0.5) is 0 Å². The van der Waals surface area contributed by atoms with Crippen molar-refractivity contribution in [2.45, 2.75) is 27.7 Å². The van der Waals surface area contributed by atoms with Crippen LogP contribution < -0.4 is 0 Å². The van der Waals surface area contributed by atoms with Gasteiger partial charge in [0.15, 0.2) is 0 Å². The number of benzene rings is 2. The van der Waals surface area contributed by atoms with Crippen LogP contribution in [0.15, 0.2) is 77.4 Å². The monoisotopic (exact) mass is 566 g/mol. The van der Waals surface area contributed by atoms with E-state index in [9.17, 15) is 0 Å². The second-order valence-corrected chi connectivity index (χ2v) is 7.08. The molecular formula is C26H31Cl3SiZr-4. The standard InChI is InChI=1S/C15H10Cl.C9H13.2CH3.2ClH.Si.Zr/c16-13-8-5-12(6-9-13)15-10-7-11-3-1-2-4-14(11)15;1-6-5-7(2)9(4)8(6)3;;;;;;/h1-10H;6H,1-4H3;2*1H3;2*1H;;/q4*-1;;;;. The molecule has 1 atom stereocenters. The van der Waals surface area contributed by atoms with Crippen LogP contribution in [0.25, 0.3) is 21.9 Å². The number of hydrogen-bond acceptors (Lipinski definition) is 0. The molecule has 0 saturated carbocycles. The molecule has 3 aromatic rings. The van der Waals surface area contributed by atoms with Crippen molar-refractivity contribution in [3.8, 4) is 11.1 Å². The first-order valence-electron chi connectivity index (χ1n) is 8.90. The molecule has 0 aromatic heterocycles. The molecule has 4 rings (SSSR count). The third-order valence-corrected chi connectivity index (χ3v) is 5.32. The van der Waals surface area contributed by atoms with Crippen molar-refractivity contribution in [1.29, 1.82) is 0 Å². The third-order valence-electron chi connectivity index (χ3n) is 5.07. The average molecular weight is 569 g/mol. The molecular weight excluding hydrogens is 538 g/mol. The fourth-order valence-corrected chi connectivity index (χ4v) is 3.32. The van der Waals surface area contributed by atoms with Crippen molar-refractivity contribution < 1.29 is 23.3 Å². The Morgan fingerprint density at radius 1 is 0.935 bits per heavy atom. The topological polar surface area (TPSA) is 0 Å². The zero-order valence-electron chi connectivity index (χ0n) is 19.0. The molecule has 0 fully saturated rings. The van der Waals surface area contributed by atoms with Crippen LogP contribution in [0.5, 0.6) is 0 Å². The summed E-state index contributed by atoms with van der Waals surface area (Å²) >= 11 is 7.25.